The summed E-state index contributed by atoms with van der Waals surface area (Å²) in [7, 11) is 0. The van der Waals surface area contributed by atoms with Crippen LogP contribution in [0.5, 0.6) is 0 Å². The predicted molar refractivity (Wildman–Crippen MR) is 47.1 cm³/mol. The number of rotatable bonds is 2. The van der Waals surface area contributed by atoms with E-state index >= 15 is 0 Å². The maximum absolute atomic E-state index is 5.78. The molecule has 1 nitrogen and oxygen atoms in total. The van der Waals surface area contributed by atoms with E-state index < -0.39 is 0 Å². The first kappa shape index (κ1) is 7.35. The van der Waals surface area contributed by atoms with Gasteiger partial charge in [0.25, 0.3) is 0 Å². The summed E-state index contributed by atoms with van der Waals surface area (Å²) >= 11 is 0. The van der Waals surface area contributed by atoms with Gasteiger partial charge in [0.1, 0.15) is 0 Å². The molecule has 2 rings (SSSR count). The van der Waals surface area contributed by atoms with Crippen molar-refractivity contribution < 1.29 is 0 Å². The highest BCUT2D eigenvalue weighted by atomic mass is 14.6. The largest absolute Gasteiger partial charge is 0.328 e. The van der Waals surface area contributed by atoms with Crippen molar-refractivity contribution in [3.8, 4) is 0 Å². The summed E-state index contributed by atoms with van der Waals surface area (Å²) < 4.78 is 0. The Morgan fingerprint density at radius 2 is 2.27 bits per heavy atom. The van der Waals surface area contributed by atoms with Crippen molar-refractivity contribution in [1.82, 2.24) is 0 Å². The summed E-state index contributed by atoms with van der Waals surface area (Å²) in [6.07, 6.45) is 8.84. The van der Waals surface area contributed by atoms with Gasteiger partial charge in [-0.3, -0.25) is 0 Å². The van der Waals surface area contributed by atoms with Crippen LogP contribution in [0.3, 0.4) is 0 Å². The second-order valence-corrected chi connectivity index (χ2v) is 4.25. The molecule has 0 aromatic heterocycles. The van der Waals surface area contributed by atoms with E-state index in [9.17, 15) is 0 Å². The van der Waals surface area contributed by atoms with E-state index in [1.54, 1.807) is 0 Å². The Bertz CT molecular complexity index is 172. The average molecular weight is 151 g/mol. The van der Waals surface area contributed by atoms with Crippen LogP contribution in [-0.2, 0) is 0 Å². The lowest BCUT2D eigenvalue weighted by Gasteiger charge is -2.19. The van der Waals surface area contributed by atoms with Gasteiger partial charge in [0, 0.05) is 6.04 Å². The van der Waals surface area contributed by atoms with Gasteiger partial charge in [0.2, 0.25) is 0 Å². The molecule has 0 radical (unpaired) electrons. The van der Waals surface area contributed by atoms with Crippen molar-refractivity contribution in [3.05, 3.63) is 12.2 Å². The third kappa shape index (κ3) is 1.34. The van der Waals surface area contributed by atoms with E-state index in [4.69, 9.17) is 5.73 Å². The molecule has 2 aliphatic rings. The van der Waals surface area contributed by atoms with Crippen LogP contribution in [0.15, 0.2) is 12.2 Å². The van der Waals surface area contributed by atoms with Crippen molar-refractivity contribution in [1.29, 1.82) is 0 Å². The molecule has 2 bridgehead atoms. The zero-order valence-corrected chi connectivity index (χ0v) is 7.16. The number of nitrogens with two attached hydrogens (primary N) is 1. The molecule has 1 heteroatoms. The molecule has 2 N–H and O–H groups in total. The van der Waals surface area contributed by atoms with Gasteiger partial charge in [0.05, 0.1) is 0 Å². The average Bonchev–Trinajstić information content (AvgIpc) is 2.45. The summed E-state index contributed by atoms with van der Waals surface area (Å²) in [5.74, 6) is 2.69. The normalized spacial score (nSPS) is 43.3. The summed E-state index contributed by atoms with van der Waals surface area (Å²) in [5.41, 5.74) is 5.78. The van der Waals surface area contributed by atoms with Crippen LogP contribution >= 0.6 is 0 Å². The van der Waals surface area contributed by atoms with E-state index in [0.29, 0.717) is 6.04 Å². The van der Waals surface area contributed by atoms with Crippen molar-refractivity contribution in [3.63, 3.8) is 0 Å². The molecule has 1 fully saturated rings. The van der Waals surface area contributed by atoms with Crippen molar-refractivity contribution in [2.75, 3.05) is 0 Å². The lowest BCUT2D eigenvalue weighted by Crippen LogP contribution is -2.21. The molecular weight excluding hydrogens is 134 g/mol. The molecule has 0 spiro atoms. The molecule has 62 valence electrons. The molecule has 0 saturated heterocycles. The van der Waals surface area contributed by atoms with E-state index in [1.807, 2.05) is 0 Å². The van der Waals surface area contributed by atoms with Gasteiger partial charge >= 0.3 is 0 Å². The fourth-order valence-electron chi connectivity index (χ4n) is 2.64. The molecule has 0 aliphatic heterocycles. The number of fused-ring (bicyclic) bond motifs is 2. The lowest BCUT2D eigenvalue weighted by atomic mass is 9.88. The first-order valence-corrected chi connectivity index (χ1v) is 4.69. The van der Waals surface area contributed by atoms with Crippen molar-refractivity contribution in [2.24, 2.45) is 23.5 Å². The third-order valence-electron chi connectivity index (χ3n) is 3.09. The Balaban J connectivity index is 1.93. The van der Waals surface area contributed by atoms with Gasteiger partial charge in [-0.15, -0.1) is 0 Å². The van der Waals surface area contributed by atoms with E-state index in [0.717, 1.165) is 17.8 Å². The fourth-order valence-corrected chi connectivity index (χ4v) is 2.64. The van der Waals surface area contributed by atoms with Gasteiger partial charge in [-0.2, -0.15) is 0 Å². The van der Waals surface area contributed by atoms with Gasteiger partial charge < -0.3 is 5.73 Å². The number of hydrogen-bond acceptors (Lipinski definition) is 1. The van der Waals surface area contributed by atoms with Gasteiger partial charge in [0.15, 0.2) is 0 Å². The van der Waals surface area contributed by atoms with Crippen LogP contribution < -0.4 is 5.73 Å². The predicted octanol–water partition coefficient (Wildman–Crippen LogP) is 1.94. The standard InChI is InChI=1S/C10H17N/c1-7(11)4-10-6-8-2-3-9(10)5-8/h2-3,7-10H,4-6,11H2,1H3/t7-,8?,9?,10?/m1/s1. The molecule has 3 unspecified atom stereocenters. The van der Waals surface area contributed by atoms with Crippen molar-refractivity contribution >= 4 is 0 Å². The van der Waals surface area contributed by atoms with Gasteiger partial charge in [-0.1, -0.05) is 12.2 Å². The van der Waals surface area contributed by atoms with Crippen LogP contribution in [0, 0.1) is 17.8 Å². The highest BCUT2D eigenvalue weighted by Crippen LogP contribution is 2.45. The smallest absolute Gasteiger partial charge is 0.00133 e. The Hall–Kier alpha value is -0.300. The molecule has 0 aromatic carbocycles. The Labute approximate surface area is 68.7 Å². The maximum Gasteiger partial charge on any atom is 0.00133 e. The topological polar surface area (TPSA) is 26.0 Å². The first-order chi connectivity index (χ1) is 5.25. The first-order valence-electron chi connectivity index (χ1n) is 4.69. The van der Waals surface area contributed by atoms with Crippen molar-refractivity contribution in [2.45, 2.75) is 32.2 Å². The minimum Gasteiger partial charge on any atom is -0.328 e. The number of hydrogen-bond donors (Lipinski definition) is 1. The monoisotopic (exact) mass is 151 g/mol. The summed E-state index contributed by atoms with van der Waals surface area (Å²) in [6, 6.07) is 0.396. The fraction of sp³-hybridized carbons (Fsp3) is 0.800. The summed E-state index contributed by atoms with van der Waals surface area (Å²) in [6.45, 7) is 2.12. The Morgan fingerprint density at radius 3 is 2.73 bits per heavy atom. The van der Waals surface area contributed by atoms with Gasteiger partial charge in [-0.05, 0) is 43.9 Å². The van der Waals surface area contributed by atoms with E-state index in [-0.39, 0.29) is 0 Å². The Morgan fingerprint density at radius 1 is 1.45 bits per heavy atom. The minimum absolute atomic E-state index is 0.396. The number of allylic oxidation sites excluding steroid dienone is 2. The zero-order valence-electron chi connectivity index (χ0n) is 7.16. The molecule has 0 amide bonds. The highest BCUT2D eigenvalue weighted by Gasteiger charge is 2.35. The van der Waals surface area contributed by atoms with Crippen LogP contribution in [0.1, 0.15) is 26.2 Å². The van der Waals surface area contributed by atoms with Crippen LogP contribution in [0.25, 0.3) is 0 Å². The minimum atomic E-state index is 0.396. The van der Waals surface area contributed by atoms with E-state index in [1.165, 1.54) is 19.3 Å². The molecule has 0 aromatic rings. The quantitative estimate of drug-likeness (QED) is 0.600. The SMILES string of the molecule is C[C@@H](N)CC1CC2C=CC1C2. The molecule has 4 atom stereocenters. The second kappa shape index (κ2) is 2.63. The summed E-state index contributed by atoms with van der Waals surface area (Å²) in [5, 5.41) is 0. The van der Waals surface area contributed by atoms with Crippen LogP contribution in [0.2, 0.25) is 0 Å². The molecule has 0 heterocycles. The molecule has 2 aliphatic carbocycles. The van der Waals surface area contributed by atoms with Crippen LogP contribution in [0.4, 0.5) is 0 Å². The highest BCUT2D eigenvalue weighted by molar-refractivity contribution is 5.10. The maximum atomic E-state index is 5.78. The van der Waals surface area contributed by atoms with Crippen LogP contribution in [-0.4, -0.2) is 6.04 Å². The third-order valence-corrected chi connectivity index (χ3v) is 3.09. The summed E-state index contributed by atoms with van der Waals surface area (Å²) in [4.78, 5) is 0. The molecular formula is C10H17N. The lowest BCUT2D eigenvalue weighted by molar-refractivity contribution is 0.387. The molecule has 1 saturated carbocycles. The second-order valence-electron chi connectivity index (χ2n) is 4.25. The van der Waals surface area contributed by atoms with E-state index in [2.05, 4.69) is 19.1 Å². The van der Waals surface area contributed by atoms with Gasteiger partial charge in [-0.25, -0.2) is 0 Å². The Kier molecular flexibility index (Phi) is 1.76. The zero-order chi connectivity index (χ0) is 7.84. The molecule has 11 heavy (non-hydrogen) atoms.